The molecule has 4 heteroatoms. The maximum absolute atomic E-state index is 12.0. The van der Waals surface area contributed by atoms with E-state index in [2.05, 4.69) is 10.1 Å². The number of alkyl halides is 2. The third-order valence-electron chi connectivity index (χ3n) is 3.40. The monoisotopic (exact) mass is 241 g/mol. The first-order valence-corrected chi connectivity index (χ1v) is 5.92. The highest BCUT2D eigenvalue weighted by atomic mass is 19.3. The average Bonchev–Trinajstić information content (AvgIpc) is 2.23. The van der Waals surface area contributed by atoms with Gasteiger partial charge in [-0.2, -0.15) is 8.78 Å². The zero-order valence-corrected chi connectivity index (χ0v) is 9.83. The van der Waals surface area contributed by atoms with Gasteiger partial charge < -0.3 is 10.1 Å². The number of benzene rings is 1. The number of rotatable bonds is 5. The van der Waals surface area contributed by atoms with Crippen molar-refractivity contribution in [2.75, 3.05) is 7.05 Å². The molecule has 0 bridgehead atoms. The van der Waals surface area contributed by atoms with E-state index in [0.29, 0.717) is 12.0 Å². The quantitative estimate of drug-likeness (QED) is 0.853. The normalized spacial score (nSPS) is 17.9. The topological polar surface area (TPSA) is 21.3 Å². The second kappa shape index (κ2) is 5.45. The van der Waals surface area contributed by atoms with E-state index in [1.54, 1.807) is 12.1 Å². The van der Waals surface area contributed by atoms with E-state index in [0.717, 1.165) is 5.56 Å². The Labute approximate surface area is 100.0 Å². The Morgan fingerprint density at radius 1 is 1.24 bits per heavy atom. The van der Waals surface area contributed by atoms with Gasteiger partial charge in [-0.1, -0.05) is 18.6 Å². The summed E-state index contributed by atoms with van der Waals surface area (Å²) in [7, 11) is 1.94. The minimum atomic E-state index is -2.76. The summed E-state index contributed by atoms with van der Waals surface area (Å²) in [6.45, 7) is -2.76. The fourth-order valence-corrected chi connectivity index (χ4v) is 2.30. The Bertz CT molecular complexity index is 349. The molecule has 0 spiro atoms. The lowest BCUT2D eigenvalue weighted by atomic mass is 9.77. The Kier molecular flexibility index (Phi) is 3.94. The zero-order valence-electron chi connectivity index (χ0n) is 9.83. The maximum Gasteiger partial charge on any atom is 0.387 e. The number of hydrogen-bond donors (Lipinski definition) is 1. The predicted molar refractivity (Wildman–Crippen MR) is 62.2 cm³/mol. The molecule has 0 saturated heterocycles. The standard InChI is InChI=1S/C13H17F2NO/c1-16-12(9-3-2-4-9)10-5-7-11(8-6-10)17-13(14)15/h5-9,12-13,16H,2-4H2,1H3. The molecular weight excluding hydrogens is 224 g/mol. The van der Waals surface area contributed by atoms with Crippen molar-refractivity contribution < 1.29 is 13.5 Å². The van der Waals surface area contributed by atoms with Gasteiger partial charge in [0.05, 0.1) is 0 Å². The fraction of sp³-hybridized carbons (Fsp3) is 0.538. The van der Waals surface area contributed by atoms with Gasteiger partial charge in [-0.15, -0.1) is 0 Å². The molecule has 0 aromatic heterocycles. The second-order valence-electron chi connectivity index (χ2n) is 4.40. The Morgan fingerprint density at radius 2 is 1.88 bits per heavy atom. The SMILES string of the molecule is CNC(c1ccc(OC(F)F)cc1)C1CCC1. The molecule has 1 aromatic rings. The van der Waals surface area contributed by atoms with Crippen LogP contribution in [-0.2, 0) is 0 Å². The van der Waals surface area contributed by atoms with Gasteiger partial charge in [-0.3, -0.25) is 0 Å². The summed E-state index contributed by atoms with van der Waals surface area (Å²) >= 11 is 0. The number of nitrogens with one attached hydrogen (secondary N) is 1. The molecule has 1 aliphatic carbocycles. The molecular formula is C13H17F2NO. The number of hydrogen-bond acceptors (Lipinski definition) is 2. The van der Waals surface area contributed by atoms with Gasteiger partial charge in [-0.25, -0.2) is 0 Å². The summed E-state index contributed by atoms with van der Waals surface area (Å²) in [4.78, 5) is 0. The molecule has 1 N–H and O–H groups in total. The zero-order chi connectivity index (χ0) is 12.3. The van der Waals surface area contributed by atoms with Crippen LogP contribution in [0.3, 0.4) is 0 Å². The molecule has 1 fully saturated rings. The lowest BCUT2D eigenvalue weighted by molar-refractivity contribution is -0.0498. The van der Waals surface area contributed by atoms with Gasteiger partial charge in [0.15, 0.2) is 0 Å². The third kappa shape index (κ3) is 2.94. The van der Waals surface area contributed by atoms with Crippen LogP contribution in [-0.4, -0.2) is 13.7 Å². The molecule has 0 radical (unpaired) electrons. The van der Waals surface area contributed by atoms with Crippen molar-refractivity contribution in [2.45, 2.75) is 31.9 Å². The van der Waals surface area contributed by atoms with Crippen LogP contribution in [0.2, 0.25) is 0 Å². The fourth-order valence-electron chi connectivity index (χ4n) is 2.30. The minimum Gasteiger partial charge on any atom is -0.435 e. The maximum atomic E-state index is 12.0. The van der Waals surface area contributed by atoms with Crippen molar-refractivity contribution >= 4 is 0 Å². The molecule has 0 heterocycles. The van der Waals surface area contributed by atoms with Crippen LogP contribution in [0.4, 0.5) is 8.78 Å². The summed E-state index contributed by atoms with van der Waals surface area (Å²) in [6.07, 6.45) is 3.76. The van der Waals surface area contributed by atoms with Gasteiger partial charge in [0.25, 0.3) is 0 Å². The van der Waals surface area contributed by atoms with Crippen molar-refractivity contribution in [1.82, 2.24) is 5.32 Å². The minimum absolute atomic E-state index is 0.215. The van der Waals surface area contributed by atoms with Gasteiger partial charge in [0.2, 0.25) is 0 Å². The summed E-state index contributed by atoms with van der Waals surface area (Å²) in [5, 5.41) is 3.29. The molecule has 94 valence electrons. The molecule has 1 saturated carbocycles. The van der Waals surface area contributed by atoms with Crippen molar-refractivity contribution in [3.8, 4) is 5.75 Å². The van der Waals surface area contributed by atoms with Gasteiger partial charge in [-0.05, 0) is 43.5 Å². The van der Waals surface area contributed by atoms with Crippen molar-refractivity contribution in [3.05, 3.63) is 29.8 Å². The Balaban J connectivity index is 2.04. The van der Waals surface area contributed by atoms with Gasteiger partial charge in [0.1, 0.15) is 5.75 Å². The first-order valence-electron chi connectivity index (χ1n) is 5.92. The molecule has 1 atom stereocenters. The smallest absolute Gasteiger partial charge is 0.387 e. The molecule has 0 aliphatic heterocycles. The van der Waals surface area contributed by atoms with Crippen molar-refractivity contribution in [1.29, 1.82) is 0 Å². The molecule has 0 amide bonds. The number of ether oxygens (including phenoxy) is 1. The summed E-state index contributed by atoms with van der Waals surface area (Å²) < 4.78 is 28.3. The molecule has 17 heavy (non-hydrogen) atoms. The average molecular weight is 241 g/mol. The van der Waals surface area contributed by atoms with E-state index in [4.69, 9.17) is 0 Å². The van der Waals surface area contributed by atoms with E-state index >= 15 is 0 Å². The van der Waals surface area contributed by atoms with Gasteiger partial charge in [0, 0.05) is 6.04 Å². The van der Waals surface area contributed by atoms with Crippen LogP contribution in [0, 0.1) is 5.92 Å². The van der Waals surface area contributed by atoms with E-state index < -0.39 is 6.61 Å². The van der Waals surface area contributed by atoms with Crippen LogP contribution >= 0.6 is 0 Å². The lowest BCUT2D eigenvalue weighted by Crippen LogP contribution is -2.29. The molecule has 2 nitrogen and oxygen atoms in total. The summed E-state index contributed by atoms with van der Waals surface area (Å²) in [6, 6.07) is 7.24. The van der Waals surface area contributed by atoms with E-state index in [9.17, 15) is 8.78 Å². The van der Waals surface area contributed by atoms with Crippen molar-refractivity contribution in [2.24, 2.45) is 5.92 Å². The molecule has 1 unspecified atom stereocenters. The Morgan fingerprint density at radius 3 is 2.29 bits per heavy atom. The first-order chi connectivity index (χ1) is 8.20. The molecule has 1 aliphatic rings. The third-order valence-corrected chi connectivity index (χ3v) is 3.40. The highest BCUT2D eigenvalue weighted by molar-refractivity contribution is 5.29. The Hall–Kier alpha value is -1.16. The van der Waals surface area contributed by atoms with Crippen LogP contribution < -0.4 is 10.1 Å². The summed E-state index contributed by atoms with van der Waals surface area (Å²) in [5.41, 5.74) is 1.14. The van der Waals surface area contributed by atoms with E-state index in [1.165, 1.54) is 19.3 Å². The van der Waals surface area contributed by atoms with Crippen LogP contribution in [0.25, 0.3) is 0 Å². The highest BCUT2D eigenvalue weighted by Crippen LogP contribution is 2.37. The highest BCUT2D eigenvalue weighted by Gasteiger charge is 2.27. The second-order valence-corrected chi connectivity index (χ2v) is 4.40. The van der Waals surface area contributed by atoms with Gasteiger partial charge >= 0.3 is 6.61 Å². The predicted octanol–water partition coefficient (Wildman–Crippen LogP) is 3.35. The van der Waals surface area contributed by atoms with E-state index in [-0.39, 0.29) is 5.75 Å². The molecule has 2 rings (SSSR count). The molecule has 1 aromatic carbocycles. The van der Waals surface area contributed by atoms with E-state index in [1.807, 2.05) is 19.2 Å². The van der Waals surface area contributed by atoms with Crippen LogP contribution in [0.5, 0.6) is 5.75 Å². The first kappa shape index (κ1) is 12.3. The number of halogens is 2. The van der Waals surface area contributed by atoms with Crippen molar-refractivity contribution in [3.63, 3.8) is 0 Å². The largest absolute Gasteiger partial charge is 0.435 e. The summed E-state index contributed by atoms with van der Waals surface area (Å²) in [5.74, 6) is 0.883. The van der Waals surface area contributed by atoms with Crippen LogP contribution in [0.1, 0.15) is 30.9 Å². The lowest BCUT2D eigenvalue weighted by Gasteiger charge is -2.34. The van der Waals surface area contributed by atoms with Crippen LogP contribution in [0.15, 0.2) is 24.3 Å².